The summed E-state index contributed by atoms with van der Waals surface area (Å²) in [5, 5.41) is 0. The average molecular weight is 200 g/mol. The molecule has 14 heavy (non-hydrogen) atoms. The molecule has 2 saturated heterocycles. The molecule has 0 amide bonds. The van der Waals surface area contributed by atoms with Gasteiger partial charge in [-0.2, -0.15) is 0 Å². The van der Waals surface area contributed by atoms with Crippen molar-refractivity contribution >= 4 is 0 Å². The monoisotopic (exact) mass is 200 g/mol. The van der Waals surface area contributed by atoms with Gasteiger partial charge in [-0.25, -0.2) is 0 Å². The first-order valence-corrected chi connectivity index (χ1v) is 5.42. The Kier molecular flexibility index (Phi) is 2.37. The van der Waals surface area contributed by atoms with E-state index < -0.39 is 5.79 Å². The molecule has 82 valence electrons. The van der Waals surface area contributed by atoms with Crippen molar-refractivity contribution in [3.05, 3.63) is 0 Å². The normalized spacial score (nSPS) is 47.8. The highest BCUT2D eigenvalue weighted by atomic mass is 16.8. The van der Waals surface area contributed by atoms with Gasteiger partial charge in [-0.05, 0) is 27.7 Å². The van der Waals surface area contributed by atoms with Crippen LogP contribution < -0.4 is 0 Å². The Morgan fingerprint density at radius 2 is 1.57 bits per heavy atom. The van der Waals surface area contributed by atoms with E-state index in [1.165, 1.54) is 0 Å². The number of ether oxygens (including phenoxy) is 3. The molecule has 0 N–H and O–H groups in total. The Hall–Kier alpha value is -0.120. The zero-order valence-electron chi connectivity index (χ0n) is 9.61. The molecule has 3 heteroatoms. The van der Waals surface area contributed by atoms with Gasteiger partial charge in [-0.3, -0.25) is 0 Å². The van der Waals surface area contributed by atoms with Crippen molar-refractivity contribution in [1.82, 2.24) is 0 Å². The number of rotatable bonds is 2. The summed E-state index contributed by atoms with van der Waals surface area (Å²) in [7, 11) is 0. The van der Waals surface area contributed by atoms with E-state index in [-0.39, 0.29) is 12.2 Å². The largest absolute Gasteiger partial charge is 0.369 e. The van der Waals surface area contributed by atoms with E-state index in [9.17, 15) is 0 Å². The van der Waals surface area contributed by atoms with Crippen molar-refractivity contribution in [2.45, 2.75) is 64.8 Å². The van der Waals surface area contributed by atoms with E-state index in [1.807, 2.05) is 13.8 Å². The first-order chi connectivity index (χ1) is 6.41. The van der Waals surface area contributed by atoms with Crippen LogP contribution in [0.1, 0.15) is 34.6 Å². The third-order valence-electron chi connectivity index (χ3n) is 3.15. The van der Waals surface area contributed by atoms with Crippen molar-refractivity contribution in [3.63, 3.8) is 0 Å². The van der Waals surface area contributed by atoms with Crippen molar-refractivity contribution in [2.24, 2.45) is 5.92 Å². The smallest absolute Gasteiger partial charge is 0.163 e. The van der Waals surface area contributed by atoms with E-state index in [2.05, 4.69) is 20.8 Å². The molecule has 0 bridgehead atoms. The minimum absolute atomic E-state index is 0.163. The highest BCUT2D eigenvalue weighted by Crippen LogP contribution is 2.39. The molecule has 3 nitrogen and oxygen atoms in total. The first kappa shape index (κ1) is 10.4. The Bertz CT molecular complexity index is 227. The fourth-order valence-corrected chi connectivity index (χ4v) is 2.44. The lowest BCUT2D eigenvalue weighted by molar-refractivity contribution is -0.149. The second-order valence-electron chi connectivity index (χ2n) is 4.97. The Balaban J connectivity index is 1.98. The maximum atomic E-state index is 5.87. The van der Waals surface area contributed by atoms with Crippen LogP contribution in [0.5, 0.6) is 0 Å². The highest BCUT2D eigenvalue weighted by Gasteiger charge is 2.49. The summed E-state index contributed by atoms with van der Waals surface area (Å²) in [6, 6.07) is 0. The van der Waals surface area contributed by atoms with Crippen LogP contribution in [0.3, 0.4) is 0 Å². The molecule has 0 aliphatic carbocycles. The summed E-state index contributed by atoms with van der Waals surface area (Å²) in [6.45, 7) is 10.3. The minimum atomic E-state index is -0.434. The van der Waals surface area contributed by atoms with Crippen LogP contribution in [0.15, 0.2) is 0 Å². The van der Waals surface area contributed by atoms with E-state index in [4.69, 9.17) is 14.2 Å². The van der Waals surface area contributed by atoms with Crippen LogP contribution in [0, 0.1) is 5.92 Å². The molecule has 2 rings (SSSR count). The molecular formula is C11H20O3. The van der Waals surface area contributed by atoms with Gasteiger partial charge in [0.1, 0.15) is 0 Å². The maximum absolute atomic E-state index is 5.87. The summed E-state index contributed by atoms with van der Waals surface area (Å²) >= 11 is 0. The summed E-state index contributed by atoms with van der Waals surface area (Å²) in [4.78, 5) is 0. The molecule has 2 heterocycles. The molecule has 2 fully saturated rings. The Morgan fingerprint density at radius 1 is 1.00 bits per heavy atom. The lowest BCUT2D eigenvalue weighted by atomic mass is 9.96. The summed E-state index contributed by atoms with van der Waals surface area (Å²) in [5.74, 6) is -0.0157. The van der Waals surface area contributed by atoms with Crippen LogP contribution in [0.25, 0.3) is 0 Å². The van der Waals surface area contributed by atoms with Gasteiger partial charge in [-0.15, -0.1) is 0 Å². The predicted octanol–water partition coefficient (Wildman–Crippen LogP) is 1.95. The predicted molar refractivity (Wildman–Crippen MR) is 53.0 cm³/mol. The molecule has 0 aromatic carbocycles. The lowest BCUT2D eigenvalue weighted by Crippen LogP contribution is -2.31. The Labute approximate surface area is 85.7 Å². The molecule has 0 aromatic heterocycles. The third kappa shape index (κ3) is 1.81. The van der Waals surface area contributed by atoms with E-state index in [0.29, 0.717) is 18.1 Å². The number of hydrogen-bond acceptors (Lipinski definition) is 3. The van der Waals surface area contributed by atoms with Crippen molar-refractivity contribution in [2.75, 3.05) is 0 Å². The summed E-state index contributed by atoms with van der Waals surface area (Å²) in [5.41, 5.74) is 0. The van der Waals surface area contributed by atoms with Crippen LogP contribution >= 0.6 is 0 Å². The molecule has 5 atom stereocenters. The second kappa shape index (κ2) is 3.19. The van der Waals surface area contributed by atoms with Crippen LogP contribution in [0.2, 0.25) is 0 Å². The highest BCUT2D eigenvalue weighted by molar-refractivity contribution is 4.93. The fraction of sp³-hybridized carbons (Fsp3) is 1.00. The molecule has 0 saturated carbocycles. The molecule has 2 aliphatic heterocycles. The summed E-state index contributed by atoms with van der Waals surface area (Å²) < 4.78 is 17.1. The van der Waals surface area contributed by atoms with Crippen LogP contribution in [-0.4, -0.2) is 30.2 Å². The molecule has 2 aliphatic rings. The van der Waals surface area contributed by atoms with Crippen LogP contribution in [0.4, 0.5) is 0 Å². The molecule has 0 aromatic rings. The molecular weight excluding hydrogens is 180 g/mol. The van der Waals surface area contributed by atoms with Gasteiger partial charge >= 0.3 is 0 Å². The maximum Gasteiger partial charge on any atom is 0.163 e. The first-order valence-electron chi connectivity index (χ1n) is 5.42. The quantitative estimate of drug-likeness (QED) is 0.638. The number of epoxide rings is 1. The summed E-state index contributed by atoms with van der Waals surface area (Å²) in [6.07, 6.45) is 1.08. The minimum Gasteiger partial charge on any atom is -0.369 e. The Morgan fingerprint density at radius 3 is 1.93 bits per heavy atom. The van der Waals surface area contributed by atoms with Gasteiger partial charge in [0.05, 0.1) is 24.4 Å². The standard InChI is InChI=1S/C11H20O3/c1-6(9-7(2)12-9)10-8(3)13-11(4,5)14-10/h6-10H,1-5H3/t6-,7-,8+,9+,10-/m0/s1. The average Bonchev–Trinajstić information content (AvgIpc) is 2.69. The molecule has 0 spiro atoms. The van der Waals surface area contributed by atoms with Gasteiger partial charge in [0.15, 0.2) is 5.79 Å². The van der Waals surface area contributed by atoms with Gasteiger partial charge < -0.3 is 14.2 Å². The van der Waals surface area contributed by atoms with Crippen molar-refractivity contribution in [3.8, 4) is 0 Å². The van der Waals surface area contributed by atoms with Crippen molar-refractivity contribution < 1.29 is 14.2 Å². The van der Waals surface area contributed by atoms with E-state index >= 15 is 0 Å². The molecule has 0 unspecified atom stereocenters. The van der Waals surface area contributed by atoms with Crippen LogP contribution in [-0.2, 0) is 14.2 Å². The van der Waals surface area contributed by atoms with E-state index in [1.54, 1.807) is 0 Å². The topological polar surface area (TPSA) is 31.0 Å². The van der Waals surface area contributed by atoms with Gasteiger partial charge in [-0.1, -0.05) is 6.92 Å². The van der Waals surface area contributed by atoms with Gasteiger partial charge in [0.2, 0.25) is 0 Å². The van der Waals surface area contributed by atoms with Gasteiger partial charge in [0, 0.05) is 5.92 Å². The SMILES string of the molecule is C[C@@H]([C@H]1O[C@H]1C)[C@@H]1OC(C)(C)O[C@@H]1C. The molecule has 0 radical (unpaired) electrons. The zero-order chi connectivity index (χ0) is 10.5. The fourth-order valence-electron chi connectivity index (χ4n) is 2.44. The number of hydrogen-bond donors (Lipinski definition) is 0. The zero-order valence-corrected chi connectivity index (χ0v) is 9.61. The lowest BCUT2D eigenvalue weighted by Gasteiger charge is -2.20. The van der Waals surface area contributed by atoms with E-state index in [0.717, 1.165) is 0 Å². The second-order valence-corrected chi connectivity index (χ2v) is 4.97. The van der Waals surface area contributed by atoms with Gasteiger partial charge in [0.25, 0.3) is 0 Å². The van der Waals surface area contributed by atoms with Crippen molar-refractivity contribution in [1.29, 1.82) is 0 Å². The third-order valence-corrected chi connectivity index (χ3v) is 3.15.